The van der Waals surface area contributed by atoms with Gasteiger partial charge in [-0.1, -0.05) is 43.2 Å². The Morgan fingerprint density at radius 1 is 1.29 bits per heavy atom. The maximum Gasteiger partial charge on any atom is 0.331 e. The van der Waals surface area contributed by atoms with Crippen molar-refractivity contribution in [1.29, 1.82) is 0 Å². The first kappa shape index (κ1) is 15.5. The summed E-state index contributed by atoms with van der Waals surface area (Å²) in [6, 6.07) is 7.99. The van der Waals surface area contributed by atoms with E-state index in [-0.39, 0.29) is 17.7 Å². The van der Waals surface area contributed by atoms with E-state index in [4.69, 9.17) is 4.74 Å². The number of esters is 1. The predicted octanol–water partition coefficient (Wildman–Crippen LogP) is 3.70. The molecule has 0 radical (unpaired) electrons. The topological polar surface area (TPSA) is 43.4 Å². The Kier molecular flexibility index (Phi) is 4.61. The van der Waals surface area contributed by atoms with Crippen LogP contribution in [0.1, 0.15) is 44.2 Å². The van der Waals surface area contributed by atoms with Gasteiger partial charge in [-0.2, -0.15) is 0 Å². The number of ketones is 1. The number of ether oxygens (including phenoxy) is 1. The fraction of sp³-hybridized carbons (Fsp3) is 0.444. The van der Waals surface area contributed by atoms with Crippen LogP contribution in [0.25, 0.3) is 0 Å². The number of benzene rings is 1. The standard InChI is InChI=1S/C18H22O3/c1-4-5-16(12-14(3)19)18(11-10-17(20)21-18)15-8-6-13(2)7-9-15/h6-11,16H,4-5,12H2,1-3H3/t16-,18-/m1/s1. The lowest BCUT2D eigenvalue weighted by Crippen LogP contribution is -2.36. The fourth-order valence-electron chi connectivity index (χ4n) is 3.01. The van der Waals surface area contributed by atoms with E-state index in [1.165, 1.54) is 6.08 Å². The molecule has 3 nitrogen and oxygen atoms in total. The van der Waals surface area contributed by atoms with Crippen LogP contribution in [0, 0.1) is 12.8 Å². The summed E-state index contributed by atoms with van der Waals surface area (Å²) < 4.78 is 5.69. The van der Waals surface area contributed by atoms with Gasteiger partial charge in [-0.15, -0.1) is 0 Å². The molecular weight excluding hydrogens is 264 g/mol. The van der Waals surface area contributed by atoms with Crippen molar-refractivity contribution in [3.8, 4) is 0 Å². The minimum absolute atomic E-state index is 0.0228. The highest BCUT2D eigenvalue weighted by Gasteiger charge is 2.44. The number of Topliss-reactive ketones (excluding diaryl/α,β-unsaturated/α-hetero) is 1. The molecule has 1 heterocycles. The van der Waals surface area contributed by atoms with Gasteiger partial charge < -0.3 is 9.53 Å². The van der Waals surface area contributed by atoms with Gasteiger partial charge >= 0.3 is 5.97 Å². The van der Waals surface area contributed by atoms with Crippen molar-refractivity contribution in [3.05, 3.63) is 47.5 Å². The molecule has 2 rings (SSSR count). The number of hydrogen-bond donors (Lipinski definition) is 0. The van der Waals surface area contributed by atoms with Crippen molar-refractivity contribution in [3.63, 3.8) is 0 Å². The minimum Gasteiger partial charge on any atom is -0.446 e. The lowest BCUT2D eigenvalue weighted by atomic mass is 9.76. The number of hydrogen-bond acceptors (Lipinski definition) is 3. The van der Waals surface area contributed by atoms with Crippen LogP contribution < -0.4 is 0 Å². The van der Waals surface area contributed by atoms with Gasteiger partial charge in [0.15, 0.2) is 5.60 Å². The van der Waals surface area contributed by atoms with Crippen LogP contribution in [0.3, 0.4) is 0 Å². The summed E-state index contributed by atoms with van der Waals surface area (Å²) in [7, 11) is 0. The van der Waals surface area contributed by atoms with Gasteiger partial charge in [0.25, 0.3) is 0 Å². The largest absolute Gasteiger partial charge is 0.446 e. The van der Waals surface area contributed by atoms with Crippen LogP contribution in [-0.4, -0.2) is 11.8 Å². The zero-order valence-corrected chi connectivity index (χ0v) is 12.9. The summed E-state index contributed by atoms with van der Waals surface area (Å²) in [5, 5.41) is 0. The van der Waals surface area contributed by atoms with Crippen LogP contribution in [0.2, 0.25) is 0 Å². The van der Waals surface area contributed by atoms with E-state index in [0.29, 0.717) is 6.42 Å². The normalized spacial score (nSPS) is 22.1. The molecule has 1 aromatic rings. The zero-order valence-electron chi connectivity index (χ0n) is 12.9. The summed E-state index contributed by atoms with van der Waals surface area (Å²) in [6.45, 7) is 5.69. The molecule has 1 aliphatic rings. The van der Waals surface area contributed by atoms with Crippen molar-refractivity contribution >= 4 is 11.8 Å². The maximum atomic E-state index is 11.7. The molecule has 1 aliphatic heterocycles. The third kappa shape index (κ3) is 3.23. The Balaban J connectivity index is 2.45. The van der Waals surface area contributed by atoms with Crippen molar-refractivity contribution in [2.24, 2.45) is 5.92 Å². The molecule has 1 aromatic carbocycles. The smallest absolute Gasteiger partial charge is 0.331 e. The van der Waals surface area contributed by atoms with Gasteiger partial charge in [-0.05, 0) is 31.9 Å². The highest BCUT2D eigenvalue weighted by molar-refractivity contribution is 5.86. The quantitative estimate of drug-likeness (QED) is 0.749. The predicted molar refractivity (Wildman–Crippen MR) is 81.8 cm³/mol. The van der Waals surface area contributed by atoms with Crippen LogP contribution in [0.5, 0.6) is 0 Å². The SMILES string of the molecule is CCC[C@H](CC(C)=O)[C@]1(c2ccc(C)cc2)C=CC(=O)O1. The van der Waals surface area contributed by atoms with Crippen LogP contribution in [0.4, 0.5) is 0 Å². The molecule has 0 saturated heterocycles. The van der Waals surface area contributed by atoms with Crippen LogP contribution in [0.15, 0.2) is 36.4 Å². The fourth-order valence-corrected chi connectivity index (χ4v) is 3.01. The number of carbonyl (C=O) groups is 2. The first-order valence-corrected chi connectivity index (χ1v) is 7.46. The van der Waals surface area contributed by atoms with Crippen molar-refractivity contribution < 1.29 is 14.3 Å². The Morgan fingerprint density at radius 3 is 2.43 bits per heavy atom. The summed E-state index contributed by atoms with van der Waals surface area (Å²) in [6.07, 6.45) is 5.49. The van der Waals surface area contributed by atoms with E-state index < -0.39 is 5.60 Å². The molecular formula is C18H22O3. The number of rotatable bonds is 6. The van der Waals surface area contributed by atoms with E-state index >= 15 is 0 Å². The van der Waals surface area contributed by atoms with Gasteiger partial charge in [-0.3, -0.25) is 0 Å². The molecule has 2 atom stereocenters. The molecule has 0 aromatic heterocycles. The van der Waals surface area contributed by atoms with Crippen LogP contribution >= 0.6 is 0 Å². The minimum atomic E-state index is -0.799. The summed E-state index contributed by atoms with van der Waals surface area (Å²) >= 11 is 0. The second kappa shape index (κ2) is 6.25. The highest BCUT2D eigenvalue weighted by Crippen LogP contribution is 2.43. The Morgan fingerprint density at radius 2 is 1.95 bits per heavy atom. The number of cyclic esters (lactones) is 1. The molecule has 0 fully saturated rings. The molecule has 3 heteroatoms. The molecule has 0 aliphatic carbocycles. The molecule has 0 unspecified atom stereocenters. The van der Waals surface area contributed by atoms with Gasteiger partial charge in [0.2, 0.25) is 0 Å². The van der Waals surface area contributed by atoms with E-state index in [1.54, 1.807) is 6.92 Å². The van der Waals surface area contributed by atoms with E-state index in [1.807, 2.05) is 37.3 Å². The molecule has 0 N–H and O–H groups in total. The second-order valence-electron chi connectivity index (χ2n) is 5.81. The average molecular weight is 286 g/mol. The van der Waals surface area contributed by atoms with E-state index in [0.717, 1.165) is 24.0 Å². The lowest BCUT2D eigenvalue weighted by molar-refractivity contribution is -0.152. The summed E-state index contributed by atoms with van der Waals surface area (Å²) in [5.41, 5.74) is 1.29. The third-order valence-electron chi connectivity index (χ3n) is 4.02. The lowest BCUT2D eigenvalue weighted by Gasteiger charge is -2.35. The number of aryl methyl sites for hydroxylation is 1. The highest BCUT2D eigenvalue weighted by atomic mass is 16.6. The van der Waals surface area contributed by atoms with Crippen molar-refractivity contribution in [2.75, 3.05) is 0 Å². The van der Waals surface area contributed by atoms with E-state index in [2.05, 4.69) is 6.92 Å². The van der Waals surface area contributed by atoms with Gasteiger partial charge in [0.1, 0.15) is 5.78 Å². The Hall–Kier alpha value is -1.90. The van der Waals surface area contributed by atoms with Gasteiger partial charge in [0, 0.05) is 18.4 Å². The average Bonchev–Trinajstić information content (AvgIpc) is 2.82. The van der Waals surface area contributed by atoms with E-state index in [9.17, 15) is 9.59 Å². The Labute approximate surface area is 126 Å². The van der Waals surface area contributed by atoms with Crippen LogP contribution in [-0.2, 0) is 19.9 Å². The van der Waals surface area contributed by atoms with Gasteiger partial charge in [-0.25, -0.2) is 4.79 Å². The first-order chi connectivity index (χ1) is 9.98. The van der Waals surface area contributed by atoms with Gasteiger partial charge in [0.05, 0.1) is 0 Å². The monoisotopic (exact) mass is 286 g/mol. The summed E-state index contributed by atoms with van der Waals surface area (Å²) in [4.78, 5) is 23.3. The maximum absolute atomic E-state index is 11.7. The summed E-state index contributed by atoms with van der Waals surface area (Å²) in [5.74, 6) is -0.234. The molecule has 21 heavy (non-hydrogen) atoms. The first-order valence-electron chi connectivity index (χ1n) is 7.46. The second-order valence-corrected chi connectivity index (χ2v) is 5.81. The molecule has 0 spiro atoms. The molecule has 112 valence electrons. The number of carbonyl (C=O) groups excluding carboxylic acids is 2. The molecule has 0 amide bonds. The third-order valence-corrected chi connectivity index (χ3v) is 4.02. The van der Waals surface area contributed by atoms with Crippen molar-refractivity contribution in [1.82, 2.24) is 0 Å². The Bertz CT molecular complexity index is 556. The zero-order chi connectivity index (χ0) is 15.5. The van der Waals surface area contributed by atoms with Crippen molar-refractivity contribution in [2.45, 2.75) is 45.6 Å². The molecule has 0 bridgehead atoms. The molecule has 0 saturated carbocycles.